The van der Waals surface area contributed by atoms with E-state index in [1.807, 2.05) is 0 Å². The van der Waals surface area contributed by atoms with Crippen LogP contribution in [0.1, 0.15) is 113 Å². The van der Waals surface area contributed by atoms with Gasteiger partial charge in [0.1, 0.15) is 0 Å². The molecule has 4 heteroatoms. The van der Waals surface area contributed by atoms with Crippen molar-refractivity contribution in [3.63, 3.8) is 0 Å². The van der Waals surface area contributed by atoms with Crippen LogP contribution in [0.2, 0.25) is 0 Å². The average molecular weight is 525 g/mol. The highest BCUT2D eigenvalue weighted by Crippen LogP contribution is 2.73. The largest absolute Gasteiger partial charge is 0.478 e. The highest BCUT2D eigenvalue weighted by Gasteiger charge is 2.66. The predicted molar refractivity (Wildman–Crippen MR) is 153 cm³/mol. The molecule has 0 aromatic heterocycles. The second kappa shape index (κ2) is 9.33. The van der Waals surface area contributed by atoms with Crippen LogP contribution in [0.15, 0.2) is 34.4 Å². The van der Waals surface area contributed by atoms with Gasteiger partial charge in [0, 0.05) is 17.4 Å². The van der Waals surface area contributed by atoms with E-state index in [4.69, 9.17) is 9.47 Å². The van der Waals surface area contributed by atoms with Gasteiger partial charge in [-0.15, -0.1) is 0 Å². The van der Waals surface area contributed by atoms with Crippen molar-refractivity contribution in [1.82, 2.24) is 0 Å². The van der Waals surface area contributed by atoms with E-state index in [0.717, 1.165) is 63.7 Å². The van der Waals surface area contributed by atoms with Gasteiger partial charge in [0.25, 0.3) is 0 Å². The Bertz CT molecular complexity index is 1070. The summed E-state index contributed by atoms with van der Waals surface area (Å²) < 4.78 is 12.7. The minimum atomic E-state index is -0.765. The lowest BCUT2D eigenvalue weighted by Crippen LogP contribution is -2.60. The number of carbonyl (C=O) groups is 1. The van der Waals surface area contributed by atoms with Crippen molar-refractivity contribution < 1.29 is 19.4 Å². The smallest absolute Gasteiger partial charge is 0.331 e. The van der Waals surface area contributed by atoms with E-state index in [0.29, 0.717) is 23.3 Å². The summed E-state index contributed by atoms with van der Waals surface area (Å²) in [4.78, 5) is 11.6. The summed E-state index contributed by atoms with van der Waals surface area (Å²) in [5.74, 6) is 0.565. The fourth-order valence-electron chi connectivity index (χ4n) is 10.2. The standard InChI is InChI=1S/C34H52O4/c1-9-24(23(3)29(35)36)11-10-22(2)25-14-16-33(8)27-12-13-28-30(4,5)34(37-20-21-38-34)19-18-31(28,6)26(27)15-17-32(25,33)7/h12,15,22,25,28H,9-11,13-14,16-21H2,1-8H3,(H,35,36)/t22-,25-,28?,31-,32-,33+/m1/s1. The maximum Gasteiger partial charge on any atom is 0.331 e. The first-order chi connectivity index (χ1) is 17.8. The Morgan fingerprint density at radius 1 is 1.05 bits per heavy atom. The Morgan fingerprint density at radius 2 is 1.74 bits per heavy atom. The van der Waals surface area contributed by atoms with Crippen LogP contribution >= 0.6 is 0 Å². The van der Waals surface area contributed by atoms with Crippen LogP contribution in [0, 0.1) is 39.4 Å². The van der Waals surface area contributed by atoms with Crippen molar-refractivity contribution in [2.75, 3.05) is 13.2 Å². The molecule has 0 amide bonds. The number of hydrogen-bond donors (Lipinski definition) is 1. The number of rotatable bonds is 6. The number of fused-ring (bicyclic) bond motifs is 5. The molecular weight excluding hydrogens is 472 g/mol. The number of aliphatic carboxylic acids is 1. The zero-order valence-electron chi connectivity index (χ0n) is 25.3. The van der Waals surface area contributed by atoms with Crippen molar-refractivity contribution in [3.05, 3.63) is 34.4 Å². The fraction of sp³-hybridized carbons (Fsp3) is 0.794. The van der Waals surface area contributed by atoms with E-state index in [1.54, 1.807) is 18.1 Å². The molecule has 4 aliphatic carbocycles. The molecule has 0 aromatic carbocycles. The summed E-state index contributed by atoms with van der Waals surface area (Å²) in [5.41, 5.74) is 5.52. The first-order valence-corrected chi connectivity index (χ1v) is 15.4. The minimum absolute atomic E-state index is 0.0354. The second-order valence-electron chi connectivity index (χ2n) is 14.6. The molecule has 1 heterocycles. The van der Waals surface area contributed by atoms with Crippen LogP contribution < -0.4 is 0 Å². The number of hydrogen-bond acceptors (Lipinski definition) is 3. The Labute approximate surface area is 231 Å². The third-order valence-corrected chi connectivity index (χ3v) is 13.0. The molecule has 3 fully saturated rings. The molecule has 38 heavy (non-hydrogen) atoms. The topological polar surface area (TPSA) is 55.8 Å². The number of carboxylic acids is 1. The lowest BCUT2D eigenvalue weighted by molar-refractivity contribution is -0.279. The van der Waals surface area contributed by atoms with Gasteiger partial charge >= 0.3 is 5.97 Å². The van der Waals surface area contributed by atoms with Gasteiger partial charge in [0.2, 0.25) is 0 Å². The molecule has 1 spiro atoms. The predicted octanol–water partition coefficient (Wildman–Crippen LogP) is 8.48. The average Bonchev–Trinajstić information content (AvgIpc) is 3.46. The molecule has 5 rings (SSSR count). The fourth-order valence-corrected chi connectivity index (χ4v) is 10.2. The maximum atomic E-state index is 11.6. The lowest BCUT2D eigenvalue weighted by atomic mass is 9.43. The molecule has 1 N–H and O–H groups in total. The van der Waals surface area contributed by atoms with E-state index < -0.39 is 11.8 Å². The highest BCUT2D eigenvalue weighted by molar-refractivity contribution is 5.86. The molecule has 5 aliphatic rings. The van der Waals surface area contributed by atoms with E-state index in [2.05, 4.69) is 60.6 Å². The van der Waals surface area contributed by atoms with Crippen LogP contribution in [0.25, 0.3) is 0 Å². The SMILES string of the molecule is CCC(CC[C@@H](C)[C@H]1CC[C@@]2(C)C3=CCC4C(C)(C)C5(CC[C@]4(C)C3=CC[C@]12C)OCCO5)=C(C)C(=O)O. The van der Waals surface area contributed by atoms with Gasteiger partial charge in [0.15, 0.2) is 5.79 Å². The quantitative estimate of drug-likeness (QED) is 0.354. The zero-order valence-corrected chi connectivity index (χ0v) is 25.3. The Morgan fingerprint density at radius 3 is 2.37 bits per heavy atom. The summed E-state index contributed by atoms with van der Waals surface area (Å²) in [6.07, 6.45) is 15.0. The van der Waals surface area contributed by atoms with Crippen molar-refractivity contribution in [1.29, 1.82) is 0 Å². The molecule has 1 aliphatic heterocycles. The van der Waals surface area contributed by atoms with Gasteiger partial charge < -0.3 is 14.6 Å². The summed E-state index contributed by atoms with van der Waals surface area (Å²) >= 11 is 0. The van der Waals surface area contributed by atoms with Crippen LogP contribution in [-0.2, 0) is 14.3 Å². The monoisotopic (exact) mass is 524 g/mol. The van der Waals surface area contributed by atoms with Crippen molar-refractivity contribution in [2.45, 2.75) is 119 Å². The number of allylic oxidation sites excluding steroid dienone is 5. The highest BCUT2D eigenvalue weighted by atomic mass is 16.7. The second-order valence-corrected chi connectivity index (χ2v) is 14.6. The van der Waals surface area contributed by atoms with Crippen molar-refractivity contribution in [3.8, 4) is 0 Å². The van der Waals surface area contributed by atoms with Crippen LogP contribution in [0.4, 0.5) is 0 Å². The Kier molecular flexibility index (Phi) is 6.91. The van der Waals surface area contributed by atoms with Gasteiger partial charge in [0.05, 0.1) is 13.2 Å². The van der Waals surface area contributed by atoms with Crippen molar-refractivity contribution in [2.24, 2.45) is 39.4 Å². The van der Waals surface area contributed by atoms with Gasteiger partial charge in [-0.2, -0.15) is 0 Å². The normalized spacial score (nSPS) is 40.4. The summed E-state index contributed by atoms with van der Waals surface area (Å²) in [6, 6.07) is 0. The van der Waals surface area contributed by atoms with Crippen LogP contribution in [0.3, 0.4) is 0 Å². The molecule has 1 unspecified atom stereocenters. The Hall–Kier alpha value is -1.39. The van der Waals surface area contributed by atoms with Crippen LogP contribution in [-0.4, -0.2) is 30.1 Å². The molecule has 4 nitrogen and oxygen atoms in total. The van der Waals surface area contributed by atoms with Gasteiger partial charge in [-0.05, 0) is 103 Å². The van der Waals surface area contributed by atoms with Gasteiger partial charge in [-0.1, -0.05) is 66.2 Å². The molecule has 0 aromatic rings. The summed E-state index contributed by atoms with van der Waals surface area (Å²) in [6.45, 7) is 20.2. The Balaban J connectivity index is 1.41. The molecule has 0 bridgehead atoms. The van der Waals surface area contributed by atoms with Crippen molar-refractivity contribution >= 4 is 5.97 Å². The summed E-state index contributed by atoms with van der Waals surface area (Å²) in [5, 5.41) is 9.51. The third kappa shape index (κ3) is 3.71. The molecule has 1 saturated heterocycles. The minimum Gasteiger partial charge on any atom is -0.478 e. The number of carboxylic acid groups (broad SMARTS) is 1. The van der Waals surface area contributed by atoms with E-state index >= 15 is 0 Å². The van der Waals surface area contributed by atoms with E-state index in [-0.39, 0.29) is 21.7 Å². The molecule has 6 atom stereocenters. The first-order valence-electron chi connectivity index (χ1n) is 15.4. The van der Waals surface area contributed by atoms with Gasteiger partial charge in [-0.3, -0.25) is 0 Å². The third-order valence-electron chi connectivity index (χ3n) is 13.0. The molecule has 2 saturated carbocycles. The molecule has 212 valence electrons. The van der Waals surface area contributed by atoms with E-state index in [1.165, 1.54) is 12.8 Å². The lowest BCUT2D eigenvalue weighted by Gasteiger charge is -2.63. The number of ether oxygens (including phenoxy) is 2. The van der Waals surface area contributed by atoms with Gasteiger partial charge in [-0.25, -0.2) is 4.79 Å². The zero-order chi connectivity index (χ0) is 27.7. The van der Waals surface area contributed by atoms with Crippen LogP contribution in [0.5, 0.6) is 0 Å². The van der Waals surface area contributed by atoms with E-state index in [9.17, 15) is 9.90 Å². The first kappa shape index (κ1) is 28.1. The summed E-state index contributed by atoms with van der Waals surface area (Å²) in [7, 11) is 0. The molecule has 0 radical (unpaired) electrons. The molecular formula is C34H52O4. The maximum absolute atomic E-state index is 11.6.